The normalized spacial score (nSPS) is 12.5. The monoisotopic (exact) mass is 318 g/mol. The van der Waals surface area contributed by atoms with Crippen LogP contribution in [0, 0.1) is 0 Å². The van der Waals surface area contributed by atoms with Crippen LogP contribution in [0.4, 0.5) is 18.9 Å². The maximum atomic E-state index is 12.3. The van der Waals surface area contributed by atoms with Gasteiger partial charge in [0, 0.05) is 6.54 Å². The van der Waals surface area contributed by atoms with Crippen molar-refractivity contribution in [2.45, 2.75) is 20.2 Å². The minimum absolute atomic E-state index is 0.0466. The van der Waals surface area contributed by atoms with Gasteiger partial charge >= 0.3 is 6.36 Å². The number of aliphatic imine (C=N–C) groups is 1. The number of ether oxygens (including phenoxy) is 1. The second kappa shape index (κ2) is 8.47. The molecule has 0 aliphatic carbocycles. The van der Waals surface area contributed by atoms with Crippen LogP contribution in [0.5, 0.6) is 5.75 Å². The molecule has 0 saturated carbocycles. The fraction of sp³-hybridized carbons (Fsp3) is 0.500. The predicted octanol–water partition coefficient (Wildman–Crippen LogP) is 2.65. The average molecular weight is 318 g/mol. The van der Waals surface area contributed by atoms with E-state index in [2.05, 4.69) is 19.9 Å². The highest BCUT2D eigenvalue weighted by atomic mass is 19.4. The molecule has 1 aromatic carbocycles. The first-order chi connectivity index (χ1) is 10.4. The van der Waals surface area contributed by atoms with E-state index < -0.39 is 6.36 Å². The molecule has 0 aromatic heterocycles. The molecule has 0 spiro atoms. The van der Waals surface area contributed by atoms with Crippen LogP contribution < -0.4 is 15.8 Å². The van der Waals surface area contributed by atoms with Crippen LogP contribution in [0.2, 0.25) is 0 Å². The molecule has 0 aliphatic rings. The quantitative estimate of drug-likeness (QED) is 0.599. The zero-order valence-electron chi connectivity index (χ0n) is 12.7. The third-order valence-electron chi connectivity index (χ3n) is 2.97. The van der Waals surface area contributed by atoms with Gasteiger partial charge in [0.2, 0.25) is 0 Å². The van der Waals surface area contributed by atoms with E-state index in [9.17, 15) is 13.2 Å². The third-order valence-corrected chi connectivity index (χ3v) is 2.97. The summed E-state index contributed by atoms with van der Waals surface area (Å²) in [5.41, 5.74) is 5.81. The van der Waals surface area contributed by atoms with Gasteiger partial charge in [-0.1, -0.05) is 26.0 Å². The van der Waals surface area contributed by atoms with E-state index in [-0.39, 0.29) is 17.4 Å². The van der Waals surface area contributed by atoms with Gasteiger partial charge in [-0.25, -0.2) is 0 Å². The van der Waals surface area contributed by atoms with E-state index in [0.29, 0.717) is 6.54 Å². The number of anilines is 1. The van der Waals surface area contributed by atoms with Gasteiger partial charge in [0.15, 0.2) is 11.7 Å². The first-order valence-electron chi connectivity index (χ1n) is 6.99. The summed E-state index contributed by atoms with van der Waals surface area (Å²) >= 11 is 0. The van der Waals surface area contributed by atoms with Gasteiger partial charge in [-0.2, -0.15) is 0 Å². The molecule has 0 bridgehead atoms. The highest BCUT2D eigenvalue weighted by molar-refractivity contribution is 5.93. The summed E-state index contributed by atoms with van der Waals surface area (Å²) < 4.78 is 40.9. The number of nitrogens with one attached hydrogen (secondary N) is 1. The standard InChI is InChI=1S/C14H21F3N4O/c1-3-21(4-2)10-9-19-13(18)20-11-7-5-6-8-12(11)22-14(15,16)17/h5-8H,3-4,9-10H2,1-2H3,(H3,18,19,20). The molecule has 0 saturated heterocycles. The van der Waals surface area contributed by atoms with Crippen LogP contribution in [0.15, 0.2) is 29.3 Å². The molecule has 1 rings (SSSR count). The Morgan fingerprint density at radius 1 is 1.27 bits per heavy atom. The molecule has 0 atom stereocenters. The number of para-hydroxylation sites is 2. The second-order valence-electron chi connectivity index (χ2n) is 4.46. The molecule has 0 fully saturated rings. The van der Waals surface area contributed by atoms with Crippen molar-refractivity contribution in [3.8, 4) is 5.75 Å². The first kappa shape index (κ1) is 18.1. The Hall–Kier alpha value is -1.96. The molecule has 124 valence electrons. The molecular formula is C14H21F3N4O. The zero-order valence-corrected chi connectivity index (χ0v) is 12.7. The number of guanidine groups is 1. The van der Waals surface area contributed by atoms with E-state index in [4.69, 9.17) is 5.73 Å². The van der Waals surface area contributed by atoms with Gasteiger partial charge in [0.25, 0.3) is 0 Å². The number of nitrogens with zero attached hydrogens (tertiary/aromatic N) is 2. The molecule has 0 heterocycles. The smallest absolute Gasteiger partial charge is 0.404 e. The predicted molar refractivity (Wildman–Crippen MR) is 81.0 cm³/mol. The van der Waals surface area contributed by atoms with Crippen molar-refractivity contribution in [3.63, 3.8) is 0 Å². The van der Waals surface area contributed by atoms with Crippen LogP contribution in [0.3, 0.4) is 0 Å². The highest BCUT2D eigenvalue weighted by Crippen LogP contribution is 2.29. The number of alkyl halides is 3. The SMILES string of the molecule is CCN(CC)CCN=C(N)Nc1ccccc1OC(F)(F)F. The summed E-state index contributed by atoms with van der Waals surface area (Å²) in [5, 5.41) is 2.63. The Labute approximate surface area is 128 Å². The number of hydrogen-bond acceptors (Lipinski definition) is 3. The summed E-state index contributed by atoms with van der Waals surface area (Å²) in [7, 11) is 0. The van der Waals surface area contributed by atoms with Gasteiger partial charge in [-0.3, -0.25) is 4.99 Å². The Morgan fingerprint density at radius 2 is 1.91 bits per heavy atom. The van der Waals surface area contributed by atoms with Gasteiger partial charge in [-0.05, 0) is 25.2 Å². The first-order valence-corrected chi connectivity index (χ1v) is 6.99. The Balaban J connectivity index is 2.66. The lowest BCUT2D eigenvalue weighted by molar-refractivity contribution is -0.274. The van der Waals surface area contributed by atoms with E-state index in [1.54, 1.807) is 6.07 Å². The Morgan fingerprint density at radius 3 is 2.50 bits per heavy atom. The Bertz CT molecular complexity index is 487. The van der Waals surface area contributed by atoms with Gasteiger partial charge in [0.05, 0.1) is 12.2 Å². The lowest BCUT2D eigenvalue weighted by Gasteiger charge is -2.17. The molecule has 0 radical (unpaired) electrons. The summed E-state index contributed by atoms with van der Waals surface area (Å²) in [6.45, 7) is 7.08. The van der Waals surface area contributed by atoms with E-state index in [1.807, 2.05) is 13.8 Å². The lowest BCUT2D eigenvalue weighted by atomic mass is 10.3. The molecule has 3 N–H and O–H groups in total. The van der Waals surface area contributed by atoms with Crippen molar-refractivity contribution in [2.24, 2.45) is 10.7 Å². The van der Waals surface area contributed by atoms with E-state index in [1.165, 1.54) is 18.2 Å². The van der Waals surface area contributed by atoms with Crippen molar-refractivity contribution >= 4 is 11.6 Å². The minimum atomic E-state index is -4.76. The number of halogens is 3. The zero-order chi connectivity index (χ0) is 16.6. The number of nitrogens with two attached hydrogens (primary N) is 1. The molecule has 22 heavy (non-hydrogen) atoms. The molecule has 0 unspecified atom stereocenters. The molecular weight excluding hydrogens is 297 g/mol. The van der Waals surface area contributed by atoms with Gasteiger partial charge < -0.3 is 20.7 Å². The third kappa shape index (κ3) is 6.66. The minimum Gasteiger partial charge on any atom is -0.404 e. The maximum absolute atomic E-state index is 12.3. The second-order valence-corrected chi connectivity index (χ2v) is 4.46. The maximum Gasteiger partial charge on any atom is 0.573 e. The van der Waals surface area contributed by atoms with Crippen molar-refractivity contribution < 1.29 is 17.9 Å². The molecule has 8 heteroatoms. The summed E-state index contributed by atoms with van der Waals surface area (Å²) in [6.07, 6.45) is -4.76. The fourth-order valence-electron chi connectivity index (χ4n) is 1.81. The lowest BCUT2D eigenvalue weighted by Crippen LogP contribution is -2.28. The summed E-state index contributed by atoms with van der Waals surface area (Å²) in [4.78, 5) is 6.26. The van der Waals surface area contributed by atoms with Crippen molar-refractivity contribution in [3.05, 3.63) is 24.3 Å². The van der Waals surface area contributed by atoms with Crippen molar-refractivity contribution in [1.82, 2.24) is 4.90 Å². The number of hydrogen-bond donors (Lipinski definition) is 2. The van der Waals surface area contributed by atoms with Crippen LogP contribution >= 0.6 is 0 Å². The molecule has 1 aromatic rings. The van der Waals surface area contributed by atoms with Crippen LogP contribution in [0.1, 0.15) is 13.8 Å². The number of rotatable bonds is 7. The number of benzene rings is 1. The van der Waals surface area contributed by atoms with Crippen LogP contribution in [-0.2, 0) is 0 Å². The van der Waals surface area contributed by atoms with Crippen LogP contribution in [-0.4, -0.2) is 43.4 Å². The molecule has 5 nitrogen and oxygen atoms in total. The molecule has 0 aliphatic heterocycles. The average Bonchev–Trinajstić information content (AvgIpc) is 2.44. The van der Waals surface area contributed by atoms with Crippen molar-refractivity contribution in [1.29, 1.82) is 0 Å². The van der Waals surface area contributed by atoms with E-state index >= 15 is 0 Å². The highest BCUT2D eigenvalue weighted by Gasteiger charge is 2.32. The Kier molecular flexibility index (Phi) is 6.97. The van der Waals surface area contributed by atoms with E-state index in [0.717, 1.165) is 19.6 Å². The van der Waals surface area contributed by atoms with Gasteiger partial charge in [0.1, 0.15) is 0 Å². The number of likely N-dealkylation sites (N-methyl/N-ethyl adjacent to an activating group) is 1. The summed E-state index contributed by atoms with van der Waals surface area (Å²) in [6, 6.07) is 5.67. The van der Waals surface area contributed by atoms with Crippen molar-refractivity contribution in [2.75, 3.05) is 31.5 Å². The fourth-order valence-corrected chi connectivity index (χ4v) is 1.81. The summed E-state index contributed by atoms with van der Waals surface area (Å²) in [5.74, 6) is -0.303. The largest absolute Gasteiger partial charge is 0.573 e. The molecule has 0 amide bonds. The van der Waals surface area contributed by atoms with Gasteiger partial charge in [-0.15, -0.1) is 13.2 Å². The topological polar surface area (TPSA) is 62.9 Å². The van der Waals surface area contributed by atoms with Crippen LogP contribution in [0.25, 0.3) is 0 Å².